The summed E-state index contributed by atoms with van der Waals surface area (Å²) in [5.41, 5.74) is 11.6. The van der Waals surface area contributed by atoms with Crippen LogP contribution in [-0.4, -0.2) is 61.3 Å². The van der Waals surface area contributed by atoms with E-state index in [9.17, 15) is 19.8 Å². The maximum atomic E-state index is 15.0. The number of aromatic nitrogens is 2. The van der Waals surface area contributed by atoms with Crippen LogP contribution in [0.15, 0.2) is 133 Å². The van der Waals surface area contributed by atoms with Gasteiger partial charge in [0.15, 0.2) is 0 Å². The number of urea groups is 1. The molecule has 252 valence electrons. The van der Waals surface area contributed by atoms with Gasteiger partial charge >= 0.3 is 6.03 Å². The number of aliphatic hydroxyl groups is 2. The summed E-state index contributed by atoms with van der Waals surface area (Å²) in [5, 5.41) is 26.8. The Morgan fingerprint density at radius 2 is 1.36 bits per heavy atom. The molecule has 10 heteroatoms. The van der Waals surface area contributed by atoms with E-state index < -0.39 is 30.3 Å². The van der Waals surface area contributed by atoms with Gasteiger partial charge in [0.25, 0.3) is 5.91 Å². The summed E-state index contributed by atoms with van der Waals surface area (Å²) >= 11 is 0. The highest BCUT2D eigenvalue weighted by atomic mass is 16.3. The Bertz CT molecular complexity index is 2070. The van der Waals surface area contributed by atoms with Gasteiger partial charge in [0, 0.05) is 23.5 Å². The number of aromatic amines is 1. The molecule has 0 bridgehead atoms. The number of rotatable bonds is 9. The fraction of sp³-hybridized carbons (Fsp3) is 0.175. The van der Waals surface area contributed by atoms with Gasteiger partial charge in [-0.25, -0.2) is 9.78 Å². The number of anilines is 3. The highest BCUT2D eigenvalue weighted by Crippen LogP contribution is 2.33. The molecule has 0 unspecified atom stereocenters. The Morgan fingerprint density at radius 3 is 2.06 bits per heavy atom. The van der Waals surface area contributed by atoms with Gasteiger partial charge < -0.3 is 25.8 Å². The molecule has 10 nitrogen and oxygen atoms in total. The smallest absolute Gasteiger partial charge is 0.325 e. The van der Waals surface area contributed by atoms with Gasteiger partial charge in [0.05, 0.1) is 23.1 Å². The number of imidazole rings is 1. The van der Waals surface area contributed by atoms with E-state index in [-0.39, 0.29) is 12.5 Å². The van der Waals surface area contributed by atoms with Gasteiger partial charge in [-0.1, -0.05) is 91.0 Å². The minimum Gasteiger partial charge on any atom is -0.399 e. The summed E-state index contributed by atoms with van der Waals surface area (Å²) in [4.78, 5) is 39.1. The van der Waals surface area contributed by atoms with Crippen LogP contribution in [0.1, 0.15) is 27.0 Å². The van der Waals surface area contributed by atoms with E-state index in [0.717, 1.165) is 22.2 Å². The van der Waals surface area contributed by atoms with Crippen molar-refractivity contribution in [1.82, 2.24) is 14.9 Å². The number of hydrogen-bond acceptors (Lipinski definition) is 6. The molecule has 0 aliphatic carbocycles. The number of fused-ring (bicyclic) bond motifs is 1. The molecule has 0 radical (unpaired) electrons. The predicted octanol–water partition coefficient (Wildman–Crippen LogP) is 5.78. The Morgan fingerprint density at radius 1 is 0.740 bits per heavy atom. The van der Waals surface area contributed by atoms with Crippen molar-refractivity contribution in [3.05, 3.63) is 156 Å². The molecule has 1 fully saturated rings. The van der Waals surface area contributed by atoms with E-state index in [1.54, 1.807) is 52.3 Å². The van der Waals surface area contributed by atoms with Crippen LogP contribution >= 0.6 is 0 Å². The van der Waals surface area contributed by atoms with E-state index in [0.29, 0.717) is 41.3 Å². The van der Waals surface area contributed by atoms with E-state index in [4.69, 9.17) is 5.73 Å². The Labute approximate surface area is 289 Å². The normalized spacial score (nSPS) is 19.4. The minimum absolute atomic E-state index is 0.0583. The third kappa shape index (κ3) is 6.93. The first-order chi connectivity index (χ1) is 24.3. The topological polar surface area (TPSA) is 148 Å². The summed E-state index contributed by atoms with van der Waals surface area (Å²) in [6, 6.07) is 38.7. The van der Waals surface area contributed by atoms with Crippen LogP contribution in [0.2, 0.25) is 0 Å². The van der Waals surface area contributed by atoms with Crippen LogP contribution in [0.5, 0.6) is 0 Å². The van der Waals surface area contributed by atoms with Crippen LogP contribution < -0.4 is 16.0 Å². The monoisotopic (exact) mass is 666 g/mol. The maximum Gasteiger partial charge on any atom is 0.325 e. The second kappa shape index (κ2) is 14.3. The molecule has 0 spiro atoms. The SMILES string of the molecule is Nc1cccc(N2C(=O)N(Cc3cccc(C(=O)Nc4nc5ccccc5[nH]4)c3)[C@H](Cc3ccccc3)[C@H](O)[C@@H](O)[C@H]2Cc2ccccc2)c1. The van der Waals surface area contributed by atoms with Crippen molar-refractivity contribution in [3.63, 3.8) is 0 Å². The number of H-pyrrole nitrogens is 1. The highest BCUT2D eigenvalue weighted by molar-refractivity contribution is 6.04. The first kappa shape index (κ1) is 32.6. The number of nitrogens with two attached hydrogens (primary N) is 1. The summed E-state index contributed by atoms with van der Waals surface area (Å²) in [5.74, 6) is -0.0414. The number of carbonyl (C=O) groups is 2. The molecular formula is C40H38N6O4. The van der Waals surface area contributed by atoms with Gasteiger partial charge in [-0.15, -0.1) is 0 Å². The van der Waals surface area contributed by atoms with Gasteiger partial charge in [-0.2, -0.15) is 0 Å². The lowest BCUT2D eigenvalue weighted by molar-refractivity contribution is -0.0291. The summed E-state index contributed by atoms with van der Waals surface area (Å²) in [6.07, 6.45) is -2.03. The van der Waals surface area contributed by atoms with Crippen LogP contribution in [0.4, 0.5) is 22.1 Å². The second-order valence-corrected chi connectivity index (χ2v) is 12.6. The Balaban J connectivity index is 1.26. The molecule has 5 aromatic carbocycles. The fourth-order valence-electron chi connectivity index (χ4n) is 6.73. The zero-order valence-electron chi connectivity index (χ0n) is 27.3. The lowest BCUT2D eigenvalue weighted by Gasteiger charge is -2.36. The number of benzene rings is 5. The first-order valence-electron chi connectivity index (χ1n) is 16.6. The molecule has 1 aliphatic heterocycles. The van der Waals surface area contributed by atoms with E-state index in [1.165, 1.54) is 0 Å². The first-order valence-corrected chi connectivity index (χ1v) is 16.6. The fourth-order valence-corrected chi connectivity index (χ4v) is 6.73. The standard InChI is InChI=1S/C40H38N6O4/c41-30-17-10-18-31(24-30)46-35(23-27-13-5-2-6-14-27)37(48)36(47)34(22-26-11-3-1-4-12-26)45(40(46)50)25-28-15-9-16-29(21-28)38(49)44-39-42-32-19-7-8-20-33(32)43-39/h1-21,24,34-37,47-48H,22-23,25,41H2,(H2,42,43,44,49)/t34-,35-,36+,37+/m1/s1. The summed E-state index contributed by atoms with van der Waals surface area (Å²) < 4.78 is 0. The third-order valence-corrected chi connectivity index (χ3v) is 9.21. The molecule has 4 atom stereocenters. The van der Waals surface area contributed by atoms with E-state index in [2.05, 4.69) is 15.3 Å². The number of amides is 3. The molecule has 2 heterocycles. The number of nitrogens with one attached hydrogen (secondary N) is 2. The van der Waals surface area contributed by atoms with Crippen LogP contribution in [-0.2, 0) is 19.4 Å². The molecular weight excluding hydrogens is 628 g/mol. The van der Waals surface area contributed by atoms with Crippen molar-refractivity contribution in [3.8, 4) is 0 Å². The zero-order chi connectivity index (χ0) is 34.6. The highest BCUT2D eigenvalue weighted by Gasteiger charge is 2.47. The maximum absolute atomic E-state index is 15.0. The quantitative estimate of drug-likeness (QED) is 0.124. The van der Waals surface area contributed by atoms with Crippen molar-refractivity contribution >= 4 is 40.3 Å². The molecule has 1 aliphatic rings. The van der Waals surface area contributed by atoms with Crippen molar-refractivity contribution < 1.29 is 19.8 Å². The van der Waals surface area contributed by atoms with Crippen LogP contribution in [0, 0.1) is 0 Å². The number of nitrogens with zero attached hydrogens (tertiary/aromatic N) is 3. The van der Waals surface area contributed by atoms with Crippen LogP contribution in [0.25, 0.3) is 11.0 Å². The van der Waals surface area contributed by atoms with Gasteiger partial charge in [-0.05, 0) is 72.0 Å². The molecule has 50 heavy (non-hydrogen) atoms. The largest absolute Gasteiger partial charge is 0.399 e. The third-order valence-electron chi connectivity index (χ3n) is 9.21. The minimum atomic E-state index is -1.31. The Hall–Kier alpha value is -5.97. The molecule has 1 aromatic heterocycles. The summed E-state index contributed by atoms with van der Waals surface area (Å²) in [6.45, 7) is 0.0583. The molecule has 1 saturated heterocycles. The molecule has 7 rings (SSSR count). The van der Waals surface area contributed by atoms with Crippen molar-refractivity contribution in [2.24, 2.45) is 0 Å². The zero-order valence-corrected chi connectivity index (χ0v) is 27.3. The van der Waals surface area contributed by atoms with Gasteiger partial charge in [0.1, 0.15) is 12.2 Å². The lowest BCUT2D eigenvalue weighted by atomic mass is 9.90. The number of aliphatic hydroxyl groups excluding tert-OH is 2. The number of para-hydroxylation sites is 2. The number of hydrogen-bond donors (Lipinski definition) is 5. The second-order valence-electron chi connectivity index (χ2n) is 12.6. The van der Waals surface area contributed by atoms with Gasteiger partial charge in [0.2, 0.25) is 5.95 Å². The van der Waals surface area contributed by atoms with Gasteiger partial charge in [-0.3, -0.25) is 15.0 Å². The molecule has 0 saturated carbocycles. The lowest BCUT2D eigenvalue weighted by Crippen LogP contribution is -2.51. The van der Waals surface area contributed by atoms with Crippen molar-refractivity contribution in [2.75, 3.05) is 16.0 Å². The summed E-state index contributed by atoms with van der Waals surface area (Å²) in [7, 11) is 0. The van der Waals surface area contributed by atoms with Crippen LogP contribution in [0.3, 0.4) is 0 Å². The van der Waals surface area contributed by atoms with E-state index in [1.807, 2.05) is 91.0 Å². The molecule has 6 aromatic rings. The van der Waals surface area contributed by atoms with E-state index >= 15 is 0 Å². The van der Waals surface area contributed by atoms with Crippen molar-refractivity contribution in [1.29, 1.82) is 0 Å². The predicted molar refractivity (Wildman–Crippen MR) is 195 cm³/mol. The average molecular weight is 667 g/mol. The number of carbonyl (C=O) groups excluding carboxylic acids is 2. The average Bonchev–Trinajstić information content (AvgIpc) is 3.53. The molecule has 3 amide bonds. The Kier molecular flexibility index (Phi) is 9.28. The van der Waals surface area contributed by atoms with Crippen molar-refractivity contribution in [2.45, 2.75) is 43.7 Å². The number of nitrogen functional groups attached to an aromatic ring is 1. The molecule has 6 N–H and O–H groups in total.